The number of anilines is 1. The number of fused-ring (bicyclic) bond motifs is 1. The van der Waals surface area contributed by atoms with Gasteiger partial charge in [0.1, 0.15) is 11.5 Å². The standard InChI is InChI=1S/C21H22FNO8S/c1-5-29-21(25)20-12(2)23(17-10-14(30-13(3)24)6-9-18(17)31-20)32(26,27)15-7-8-16(22)19(11-15)28-4/h6-12,20H,5H2,1-4H3/t12-,20-/m1/s1. The molecule has 0 bridgehead atoms. The maximum absolute atomic E-state index is 13.9. The van der Waals surface area contributed by atoms with Crippen molar-refractivity contribution in [2.45, 2.75) is 37.8 Å². The van der Waals surface area contributed by atoms with Crippen molar-refractivity contribution in [1.82, 2.24) is 0 Å². The minimum Gasteiger partial charge on any atom is -0.494 e. The van der Waals surface area contributed by atoms with E-state index in [2.05, 4.69) is 0 Å². The van der Waals surface area contributed by atoms with Gasteiger partial charge in [0.05, 0.1) is 30.3 Å². The van der Waals surface area contributed by atoms with Crippen LogP contribution < -0.4 is 18.5 Å². The number of benzene rings is 2. The van der Waals surface area contributed by atoms with Crippen LogP contribution >= 0.6 is 0 Å². The number of carbonyl (C=O) groups excluding carboxylic acids is 2. The molecule has 0 saturated heterocycles. The summed E-state index contributed by atoms with van der Waals surface area (Å²) in [5, 5.41) is 0. The first-order valence-corrected chi connectivity index (χ1v) is 11.1. The number of methoxy groups -OCH3 is 1. The first kappa shape index (κ1) is 23.3. The van der Waals surface area contributed by atoms with E-state index >= 15 is 0 Å². The number of esters is 2. The van der Waals surface area contributed by atoms with Crippen LogP contribution in [0.5, 0.6) is 17.2 Å². The van der Waals surface area contributed by atoms with Crippen LogP contribution in [0.1, 0.15) is 20.8 Å². The predicted octanol–water partition coefficient (Wildman–Crippen LogP) is 2.67. The molecule has 9 nitrogen and oxygen atoms in total. The van der Waals surface area contributed by atoms with Crippen LogP contribution in [0.15, 0.2) is 41.3 Å². The van der Waals surface area contributed by atoms with Crippen molar-refractivity contribution < 1.29 is 41.3 Å². The molecule has 32 heavy (non-hydrogen) atoms. The molecule has 1 aliphatic rings. The average Bonchev–Trinajstić information content (AvgIpc) is 2.72. The predicted molar refractivity (Wildman–Crippen MR) is 111 cm³/mol. The Hall–Kier alpha value is -3.34. The van der Waals surface area contributed by atoms with Crippen molar-refractivity contribution >= 4 is 27.6 Å². The molecule has 172 valence electrons. The van der Waals surface area contributed by atoms with Gasteiger partial charge in [-0.2, -0.15) is 0 Å². The molecular weight excluding hydrogens is 445 g/mol. The van der Waals surface area contributed by atoms with Gasteiger partial charge in [0, 0.05) is 19.1 Å². The molecule has 1 aliphatic heterocycles. The molecule has 2 atom stereocenters. The van der Waals surface area contributed by atoms with E-state index in [1.54, 1.807) is 6.92 Å². The minimum atomic E-state index is -4.34. The van der Waals surface area contributed by atoms with Crippen molar-refractivity contribution in [2.75, 3.05) is 18.0 Å². The molecule has 0 N–H and O–H groups in total. The summed E-state index contributed by atoms with van der Waals surface area (Å²) in [5.74, 6) is -2.19. The SMILES string of the molecule is CCOC(=O)[C@@H]1Oc2ccc(OC(C)=O)cc2N(S(=O)(=O)c2ccc(F)c(OC)c2)[C@@H]1C. The average molecular weight is 467 g/mol. The van der Waals surface area contributed by atoms with Gasteiger partial charge >= 0.3 is 11.9 Å². The van der Waals surface area contributed by atoms with Gasteiger partial charge in [-0.1, -0.05) is 0 Å². The summed E-state index contributed by atoms with van der Waals surface area (Å²) in [4.78, 5) is 23.6. The lowest BCUT2D eigenvalue weighted by Crippen LogP contribution is -2.54. The van der Waals surface area contributed by atoms with Crippen LogP contribution in [0, 0.1) is 5.82 Å². The largest absolute Gasteiger partial charge is 0.494 e. The third-order valence-electron chi connectivity index (χ3n) is 4.69. The molecule has 1 heterocycles. The fourth-order valence-electron chi connectivity index (χ4n) is 3.31. The quantitative estimate of drug-likeness (QED) is 0.471. The van der Waals surface area contributed by atoms with Gasteiger partial charge in [-0.05, 0) is 38.1 Å². The van der Waals surface area contributed by atoms with Gasteiger partial charge in [-0.25, -0.2) is 17.6 Å². The summed E-state index contributed by atoms with van der Waals surface area (Å²) in [5.41, 5.74) is 0.0418. The zero-order valence-electron chi connectivity index (χ0n) is 17.8. The van der Waals surface area contributed by atoms with E-state index in [0.717, 1.165) is 22.5 Å². The van der Waals surface area contributed by atoms with Crippen molar-refractivity contribution in [3.63, 3.8) is 0 Å². The van der Waals surface area contributed by atoms with E-state index in [1.807, 2.05) is 0 Å². The number of hydrogen-bond acceptors (Lipinski definition) is 8. The molecule has 0 amide bonds. The van der Waals surface area contributed by atoms with E-state index in [9.17, 15) is 22.4 Å². The third-order valence-corrected chi connectivity index (χ3v) is 6.59. The van der Waals surface area contributed by atoms with Crippen LogP contribution in [0.4, 0.5) is 10.1 Å². The van der Waals surface area contributed by atoms with Crippen molar-refractivity contribution in [1.29, 1.82) is 0 Å². The van der Waals surface area contributed by atoms with Gasteiger partial charge in [-0.15, -0.1) is 0 Å². The molecule has 0 spiro atoms. The van der Waals surface area contributed by atoms with Crippen LogP contribution in [0.2, 0.25) is 0 Å². The highest BCUT2D eigenvalue weighted by Gasteiger charge is 2.44. The third kappa shape index (κ3) is 4.33. The van der Waals surface area contributed by atoms with E-state index in [4.69, 9.17) is 18.9 Å². The normalized spacial score (nSPS) is 17.7. The number of rotatable bonds is 6. The second kappa shape index (κ2) is 9.03. The highest BCUT2D eigenvalue weighted by atomic mass is 32.2. The summed E-state index contributed by atoms with van der Waals surface area (Å²) in [6.45, 7) is 4.37. The Balaban J connectivity index is 2.18. The molecule has 0 saturated carbocycles. The van der Waals surface area contributed by atoms with Crippen LogP contribution in [-0.2, 0) is 24.3 Å². The molecule has 3 rings (SSSR count). The van der Waals surface area contributed by atoms with E-state index in [-0.39, 0.29) is 34.4 Å². The highest BCUT2D eigenvalue weighted by molar-refractivity contribution is 7.92. The topological polar surface area (TPSA) is 108 Å². The fourth-order valence-corrected chi connectivity index (χ4v) is 4.98. The Kier molecular flexibility index (Phi) is 6.58. The first-order chi connectivity index (χ1) is 15.1. The second-order valence-corrected chi connectivity index (χ2v) is 8.67. The summed E-state index contributed by atoms with van der Waals surface area (Å²) in [6, 6.07) is 6.16. The molecule has 0 radical (unpaired) electrons. The molecule has 11 heteroatoms. The zero-order valence-corrected chi connectivity index (χ0v) is 18.6. The monoisotopic (exact) mass is 467 g/mol. The summed E-state index contributed by atoms with van der Waals surface area (Å²) < 4.78 is 62.9. The highest BCUT2D eigenvalue weighted by Crippen LogP contribution is 2.42. The molecule has 2 aromatic rings. The zero-order chi connectivity index (χ0) is 23.6. The van der Waals surface area contributed by atoms with E-state index in [1.165, 1.54) is 39.2 Å². The van der Waals surface area contributed by atoms with E-state index < -0.39 is 39.9 Å². The smallest absolute Gasteiger partial charge is 0.349 e. The van der Waals surface area contributed by atoms with Crippen molar-refractivity contribution in [2.24, 2.45) is 0 Å². The molecule has 0 unspecified atom stereocenters. The van der Waals surface area contributed by atoms with Crippen molar-refractivity contribution in [3.05, 3.63) is 42.2 Å². The molecule has 0 aromatic heterocycles. The van der Waals surface area contributed by atoms with Crippen LogP contribution in [0.3, 0.4) is 0 Å². The summed E-state index contributed by atoms with van der Waals surface area (Å²) in [6.07, 6.45) is -1.26. The fraction of sp³-hybridized carbons (Fsp3) is 0.333. The molecular formula is C21H22FNO8S. The lowest BCUT2D eigenvalue weighted by atomic mass is 10.1. The van der Waals surface area contributed by atoms with Crippen LogP contribution in [0.25, 0.3) is 0 Å². The van der Waals surface area contributed by atoms with E-state index in [0.29, 0.717) is 0 Å². The number of sulfonamides is 1. The molecule has 0 aliphatic carbocycles. The molecule has 0 fully saturated rings. The Labute approximate surface area is 184 Å². The summed E-state index contributed by atoms with van der Waals surface area (Å²) in [7, 11) is -3.13. The second-order valence-electron chi connectivity index (χ2n) is 6.85. The maximum Gasteiger partial charge on any atom is 0.349 e. The first-order valence-electron chi connectivity index (χ1n) is 9.63. The van der Waals surface area contributed by atoms with Gasteiger partial charge in [0.25, 0.3) is 10.0 Å². The Morgan fingerprint density at radius 2 is 1.91 bits per heavy atom. The maximum atomic E-state index is 13.9. The summed E-state index contributed by atoms with van der Waals surface area (Å²) >= 11 is 0. The Morgan fingerprint density at radius 1 is 1.19 bits per heavy atom. The lowest BCUT2D eigenvalue weighted by Gasteiger charge is -2.39. The van der Waals surface area contributed by atoms with Crippen molar-refractivity contribution in [3.8, 4) is 17.2 Å². The minimum absolute atomic E-state index is 0.0418. The Morgan fingerprint density at radius 3 is 2.53 bits per heavy atom. The number of halogens is 1. The Bertz CT molecular complexity index is 1150. The van der Waals surface area contributed by atoms with Gasteiger partial charge in [0.15, 0.2) is 11.6 Å². The van der Waals surface area contributed by atoms with Gasteiger partial charge in [0.2, 0.25) is 6.10 Å². The van der Waals surface area contributed by atoms with Crippen LogP contribution in [-0.4, -0.2) is 46.2 Å². The number of ether oxygens (including phenoxy) is 4. The number of hydrogen-bond donors (Lipinski definition) is 0. The van der Waals surface area contributed by atoms with Gasteiger partial charge < -0.3 is 18.9 Å². The van der Waals surface area contributed by atoms with Gasteiger partial charge in [-0.3, -0.25) is 9.10 Å². The molecule has 2 aromatic carbocycles. The number of carbonyl (C=O) groups is 2. The number of nitrogens with zero attached hydrogens (tertiary/aromatic N) is 1. The lowest BCUT2D eigenvalue weighted by molar-refractivity contribution is -0.152.